The zero-order valence-electron chi connectivity index (χ0n) is 15.6. The Morgan fingerprint density at radius 2 is 1.74 bits per heavy atom. The standard InChI is InChI=1S/C23H20N4/c1-15-7-8-18(14-16(15)2)9-11-20-19(10-12-21(24)26-20)23-17(3)25-22-6-4-5-13-27(22)23/h4-8,10,12-14H,1-3H3,(H2,24,26). The minimum Gasteiger partial charge on any atom is -0.384 e. The van der Waals surface area contributed by atoms with Crippen molar-refractivity contribution in [1.82, 2.24) is 14.4 Å². The van der Waals surface area contributed by atoms with E-state index in [2.05, 4.69) is 52.2 Å². The van der Waals surface area contributed by atoms with E-state index in [1.807, 2.05) is 43.5 Å². The Balaban J connectivity index is 1.88. The van der Waals surface area contributed by atoms with Crippen LogP contribution in [0.5, 0.6) is 0 Å². The summed E-state index contributed by atoms with van der Waals surface area (Å²) < 4.78 is 2.06. The van der Waals surface area contributed by atoms with Crippen molar-refractivity contribution >= 4 is 11.5 Å². The molecule has 0 atom stereocenters. The van der Waals surface area contributed by atoms with Crippen molar-refractivity contribution < 1.29 is 0 Å². The number of nitrogen functional groups attached to an aromatic ring is 1. The molecular weight excluding hydrogens is 332 g/mol. The van der Waals surface area contributed by atoms with E-state index in [4.69, 9.17) is 5.73 Å². The zero-order chi connectivity index (χ0) is 19.0. The first-order chi connectivity index (χ1) is 13.0. The maximum absolute atomic E-state index is 5.94. The summed E-state index contributed by atoms with van der Waals surface area (Å²) in [7, 11) is 0. The molecule has 4 nitrogen and oxygen atoms in total. The molecule has 132 valence electrons. The number of benzene rings is 1. The number of hydrogen-bond acceptors (Lipinski definition) is 3. The van der Waals surface area contributed by atoms with Crippen molar-refractivity contribution in [2.24, 2.45) is 0 Å². The quantitative estimate of drug-likeness (QED) is 0.520. The molecule has 0 fully saturated rings. The van der Waals surface area contributed by atoms with Gasteiger partial charge in [0.15, 0.2) is 0 Å². The smallest absolute Gasteiger partial charge is 0.137 e. The Hall–Kier alpha value is -3.58. The van der Waals surface area contributed by atoms with Crippen molar-refractivity contribution in [2.45, 2.75) is 20.8 Å². The molecule has 0 aliphatic carbocycles. The second-order valence-electron chi connectivity index (χ2n) is 6.66. The molecule has 0 saturated carbocycles. The number of fused-ring (bicyclic) bond motifs is 1. The molecule has 2 N–H and O–H groups in total. The van der Waals surface area contributed by atoms with Crippen molar-refractivity contribution in [1.29, 1.82) is 0 Å². The Kier molecular flexibility index (Phi) is 4.13. The summed E-state index contributed by atoms with van der Waals surface area (Å²) >= 11 is 0. The van der Waals surface area contributed by atoms with E-state index in [-0.39, 0.29) is 0 Å². The molecule has 0 saturated heterocycles. The van der Waals surface area contributed by atoms with Crippen LogP contribution in [0.3, 0.4) is 0 Å². The number of rotatable bonds is 1. The molecule has 1 aromatic carbocycles. The Morgan fingerprint density at radius 3 is 2.56 bits per heavy atom. The van der Waals surface area contributed by atoms with Gasteiger partial charge in [0.2, 0.25) is 0 Å². The number of anilines is 1. The molecule has 0 bridgehead atoms. The molecule has 4 rings (SSSR count). The first-order valence-electron chi connectivity index (χ1n) is 8.83. The van der Waals surface area contributed by atoms with Crippen LogP contribution in [-0.2, 0) is 0 Å². The summed E-state index contributed by atoms with van der Waals surface area (Å²) in [6.45, 7) is 6.18. The molecule has 0 spiro atoms. The fourth-order valence-corrected chi connectivity index (χ4v) is 3.15. The average molecular weight is 352 g/mol. The first-order valence-corrected chi connectivity index (χ1v) is 8.83. The number of nitrogens with zero attached hydrogens (tertiary/aromatic N) is 3. The van der Waals surface area contributed by atoms with Crippen LogP contribution < -0.4 is 5.73 Å². The lowest BCUT2D eigenvalue weighted by atomic mass is 10.1. The number of pyridine rings is 2. The van der Waals surface area contributed by atoms with Gasteiger partial charge >= 0.3 is 0 Å². The van der Waals surface area contributed by atoms with Crippen LogP contribution in [0.4, 0.5) is 5.82 Å². The SMILES string of the molecule is Cc1ccc(C#Cc2nc(N)ccc2-c2c(C)nc3ccccn23)cc1C. The first kappa shape index (κ1) is 16.9. The predicted molar refractivity (Wildman–Crippen MR) is 109 cm³/mol. The summed E-state index contributed by atoms with van der Waals surface area (Å²) in [6.07, 6.45) is 2.00. The van der Waals surface area contributed by atoms with Crippen LogP contribution in [0.2, 0.25) is 0 Å². The van der Waals surface area contributed by atoms with Gasteiger partial charge in [-0.05, 0) is 74.2 Å². The topological polar surface area (TPSA) is 56.2 Å². The lowest BCUT2D eigenvalue weighted by Crippen LogP contribution is -1.98. The van der Waals surface area contributed by atoms with Crippen molar-refractivity contribution in [3.05, 3.63) is 82.8 Å². The molecule has 4 heteroatoms. The Labute approximate surface area is 158 Å². The van der Waals surface area contributed by atoms with E-state index >= 15 is 0 Å². The zero-order valence-corrected chi connectivity index (χ0v) is 15.6. The highest BCUT2D eigenvalue weighted by atomic mass is 15.0. The minimum atomic E-state index is 0.453. The molecular formula is C23H20N4. The van der Waals surface area contributed by atoms with E-state index < -0.39 is 0 Å². The summed E-state index contributed by atoms with van der Waals surface area (Å²) in [5, 5.41) is 0. The van der Waals surface area contributed by atoms with E-state index in [0.29, 0.717) is 11.5 Å². The summed E-state index contributed by atoms with van der Waals surface area (Å²) in [4.78, 5) is 9.14. The number of nitrogens with two attached hydrogens (primary N) is 1. The second kappa shape index (κ2) is 6.62. The molecule has 0 radical (unpaired) electrons. The summed E-state index contributed by atoms with van der Waals surface area (Å²) in [6, 6.07) is 15.9. The van der Waals surface area contributed by atoms with Gasteiger partial charge in [-0.1, -0.05) is 18.1 Å². The van der Waals surface area contributed by atoms with Crippen molar-refractivity contribution in [3.63, 3.8) is 0 Å². The van der Waals surface area contributed by atoms with Gasteiger partial charge in [-0.25, -0.2) is 9.97 Å². The van der Waals surface area contributed by atoms with Gasteiger partial charge in [0.05, 0.1) is 11.4 Å². The number of aryl methyl sites for hydroxylation is 3. The third-order valence-corrected chi connectivity index (χ3v) is 4.71. The van der Waals surface area contributed by atoms with E-state index in [1.165, 1.54) is 11.1 Å². The maximum atomic E-state index is 5.94. The van der Waals surface area contributed by atoms with Gasteiger partial charge in [0, 0.05) is 17.3 Å². The molecule has 0 amide bonds. The fourth-order valence-electron chi connectivity index (χ4n) is 3.15. The molecule has 0 unspecified atom stereocenters. The summed E-state index contributed by atoms with van der Waals surface area (Å²) in [5.74, 6) is 6.90. The maximum Gasteiger partial charge on any atom is 0.137 e. The molecule has 3 heterocycles. The van der Waals surface area contributed by atoms with Gasteiger partial charge in [-0.3, -0.25) is 4.40 Å². The van der Waals surface area contributed by atoms with Crippen molar-refractivity contribution in [2.75, 3.05) is 5.73 Å². The highest BCUT2D eigenvalue weighted by Crippen LogP contribution is 2.27. The summed E-state index contributed by atoms with van der Waals surface area (Å²) in [5.41, 5.74) is 13.8. The molecule has 0 aliphatic rings. The highest BCUT2D eigenvalue weighted by Gasteiger charge is 2.14. The lowest BCUT2D eigenvalue weighted by molar-refractivity contribution is 1.17. The van der Waals surface area contributed by atoms with Crippen LogP contribution in [0, 0.1) is 32.6 Å². The van der Waals surface area contributed by atoms with E-state index in [0.717, 1.165) is 28.2 Å². The van der Waals surface area contributed by atoms with Gasteiger partial charge in [-0.2, -0.15) is 0 Å². The van der Waals surface area contributed by atoms with Gasteiger partial charge in [0.1, 0.15) is 17.2 Å². The third kappa shape index (κ3) is 3.16. The van der Waals surface area contributed by atoms with Crippen LogP contribution in [0.15, 0.2) is 54.7 Å². The average Bonchev–Trinajstić information content (AvgIpc) is 2.98. The van der Waals surface area contributed by atoms with Gasteiger partial charge in [-0.15, -0.1) is 0 Å². The minimum absolute atomic E-state index is 0.453. The van der Waals surface area contributed by atoms with Crippen LogP contribution in [0.1, 0.15) is 28.1 Å². The van der Waals surface area contributed by atoms with Crippen molar-refractivity contribution in [3.8, 4) is 23.1 Å². The number of aromatic nitrogens is 3. The Morgan fingerprint density at radius 1 is 0.889 bits per heavy atom. The second-order valence-corrected chi connectivity index (χ2v) is 6.66. The molecule has 27 heavy (non-hydrogen) atoms. The highest BCUT2D eigenvalue weighted by molar-refractivity contribution is 5.73. The number of imidazole rings is 1. The fraction of sp³-hybridized carbons (Fsp3) is 0.130. The number of hydrogen-bond donors (Lipinski definition) is 1. The predicted octanol–water partition coefficient (Wildman–Crippen LogP) is 4.30. The normalized spacial score (nSPS) is 10.6. The largest absolute Gasteiger partial charge is 0.384 e. The molecule has 0 aliphatic heterocycles. The lowest BCUT2D eigenvalue weighted by Gasteiger charge is -2.07. The Bertz CT molecular complexity index is 1220. The monoisotopic (exact) mass is 352 g/mol. The van der Waals surface area contributed by atoms with E-state index in [1.54, 1.807) is 6.07 Å². The third-order valence-electron chi connectivity index (χ3n) is 4.71. The van der Waals surface area contributed by atoms with Crippen LogP contribution >= 0.6 is 0 Å². The van der Waals surface area contributed by atoms with Gasteiger partial charge in [0.25, 0.3) is 0 Å². The van der Waals surface area contributed by atoms with Crippen LogP contribution in [0.25, 0.3) is 16.9 Å². The van der Waals surface area contributed by atoms with Crippen LogP contribution in [-0.4, -0.2) is 14.4 Å². The molecule has 4 aromatic rings. The van der Waals surface area contributed by atoms with E-state index in [9.17, 15) is 0 Å². The van der Waals surface area contributed by atoms with Gasteiger partial charge < -0.3 is 5.73 Å². The molecule has 3 aromatic heterocycles.